The second-order valence-corrected chi connectivity index (χ2v) is 7.96. The van der Waals surface area contributed by atoms with Crippen molar-refractivity contribution in [1.29, 1.82) is 0 Å². The Balaban J connectivity index is 1.89. The highest BCUT2D eigenvalue weighted by Gasteiger charge is 2.24. The van der Waals surface area contributed by atoms with Crippen molar-refractivity contribution >= 4 is 0 Å². The summed E-state index contributed by atoms with van der Waals surface area (Å²) in [6.45, 7) is 0. The van der Waals surface area contributed by atoms with Crippen LogP contribution < -0.4 is 14.2 Å². The van der Waals surface area contributed by atoms with E-state index >= 15 is 0 Å². The van der Waals surface area contributed by atoms with Gasteiger partial charge in [-0.15, -0.1) is 0 Å². The van der Waals surface area contributed by atoms with Gasteiger partial charge >= 0.3 is 0 Å². The molecule has 0 N–H and O–H groups in total. The molecule has 0 saturated carbocycles. The van der Waals surface area contributed by atoms with Gasteiger partial charge in [0.15, 0.2) is 0 Å². The van der Waals surface area contributed by atoms with Crippen molar-refractivity contribution in [3.63, 3.8) is 0 Å². The van der Waals surface area contributed by atoms with Crippen LogP contribution in [0.25, 0.3) is 39.6 Å². The quantitative estimate of drug-likeness (QED) is 0.264. The fourth-order valence-electron chi connectivity index (χ4n) is 4.23. The molecule has 35 heavy (non-hydrogen) atoms. The van der Waals surface area contributed by atoms with Crippen molar-refractivity contribution in [3.8, 4) is 56.8 Å². The second kappa shape index (κ2) is 9.77. The molecule has 4 aromatic carbocycles. The van der Waals surface area contributed by atoms with Crippen molar-refractivity contribution < 1.29 is 14.2 Å². The molecule has 0 aliphatic carbocycles. The van der Waals surface area contributed by atoms with E-state index in [1.807, 2.05) is 78.9 Å². The number of rotatable bonds is 7. The smallest absolute Gasteiger partial charge is 0.149 e. The SMILES string of the molecule is COc1ccc(-n2c(-c3cc(OC)ccc3OC)nc(-c3ccccc3)c2-c2ccccc2)cc1. The molecule has 0 spiro atoms. The molecule has 5 heteroatoms. The van der Waals surface area contributed by atoms with Gasteiger partial charge in [-0.2, -0.15) is 0 Å². The molecule has 1 heterocycles. The number of imidazole rings is 1. The van der Waals surface area contributed by atoms with E-state index in [0.29, 0.717) is 5.75 Å². The lowest BCUT2D eigenvalue weighted by Crippen LogP contribution is -2.02. The first-order valence-corrected chi connectivity index (χ1v) is 11.3. The van der Waals surface area contributed by atoms with E-state index in [0.717, 1.165) is 51.1 Å². The average molecular weight is 463 g/mol. The molecule has 0 bridgehead atoms. The van der Waals surface area contributed by atoms with E-state index in [-0.39, 0.29) is 0 Å². The van der Waals surface area contributed by atoms with Gasteiger partial charge in [0.2, 0.25) is 0 Å². The first-order chi connectivity index (χ1) is 17.2. The molecule has 0 aliphatic rings. The van der Waals surface area contributed by atoms with Crippen molar-refractivity contribution in [2.75, 3.05) is 21.3 Å². The van der Waals surface area contributed by atoms with Crippen LogP contribution in [-0.4, -0.2) is 30.9 Å². The van der Waals surface area contributed by atoms with Crippen LogP contribution in [0.3, 0.4) is 0 Å². The average Bonchev–Trinajstić information content (AvgIpc) is 3.34. The minimum absolute atomic E-state index is 0.713. The number of nitrogens with zero attached hydrogens (tertiary/aromatic N) is 2. The van der Waals surface area contributed by atoms with E-state index in [1.54, 1.807) is 21.3 Å². The first-order valence-electron chi connectivity index (χ1n) is 11.3. The summed E-state index contributed by atoms with van der Waals surface area (Å²) in [6.07, 6.45) is 0. The van der Waals surface area contributed by atoms with Gasteiger partial charge in [-0.05, 0) is 42.5 Å². The highest BCUT2D eigenvalue weighted by molar-refractivity contribution is 5.85. The summed E-state index contributed by atoms with van der Waals surface area (Å²) in [5, 5.41) is 0. The van der Waals surface area contributed by atoms with Crippen LogP contribution in [0, 0.1) is 0 Å². The van der Waals surface area contributed by atoms with Crippen LogP contribution in [0.5, 0.6) is 17.2 Å². The highest BCUT2D eigenvalue weighted by Crippen LogP contribution is 2.42. The normalized spacial score (nSPS) is 10.7. The number of methoxy groups -OCH3 is 3. The summed E-state index contributed by atoms with van der Waals surface area (Å²) >= 11 is 0. The molecule has 1 aromatic heterocycles. The Bertz CT molecular complexity index is 1430. The zero-order chi connectivity index (χ0) is 24.2. The maximum atomic E-state index is 5.76. The predicted molar refractivity (Wildman–Crippen MR) is 140 cm³/mol. The fourth-order valence-corrected chi connectivity index (χ4v) is 4.23. The molecule has 0 saturated heterocycles. The summed E-state index contributed by atoms with van der Waals surface area (Å²) in [7, 11) is 5.00. The Morgan fingerprint density at radius 3 is 1.80 bits per heavy atom. The first kappa shape index (κ1) is 22.3. The lowest BCUT2D eigenvalue weighted by molar-refractivity contribution is 0.404. The summed E-state index contributed by atoms with van der Waals surface area (Å²) in [4.78, 5) is 5.23. The fraction of sp³-hybridized carbons (Fsp3) is 0.100. The molecule has 0 amide bonds. The topological polar surface area (TPSA) is 45.5 Å². The van der Waals surface area contributed by atoms with Crippen molar-refractivity contribution in [2.45, 2.75) is 0 Å². The maximum absolute atomic E-state index is 5.76. The molecule has 0 fully saturated rings. The summed E-state index contributed by atoms with van der Waals surface area (Å²) in [5.74, 6) is 2.99. The number of hydrogen-bond donors (Lipinski definition) is 0. The third kappa shape index (κ3) is 4.24. The van der Waals surface area contributed by atoms with E-state index in [4.69, 9.17) is 19.2 Å². The molecular weight excluding hydrogens is 436 g/mol. The summed E-state index contributed by atoms with van der Waals surface area (Å²) in [5.41, 5.74) is 5.75. The van der Waals surface area contributed by atoms with Crippen molar-refractivity contribution in [2.24, 2.45) is 0 Å². The standard InChI is InChI=1S/C30H26N2O3/c1-33-24-16-14-23(15-17-24)32-29(22-12-8-5-9-13-22)28(21-10-6-4-7-11-21)31-30(32)26-20-25(34-2)18-19-27(26)35-3/h4-20H,1-3H3. The van der Waals surface area contributed by atoms with Gasteiger partial charge < -0.3 is 14.2 Å². The second-order valence-electron chi connectivity index (χ2n) is 7.96. The monoisotopic (exact) mass is 462 g/mol. The Kier molecular flexibility index (Phi) is 6.22. The Morgan fingerprint density at radius 1 is 0.600 bits per heavy atom. The number of benzene rings is 4. The third-order valence-electron chi connectivity index (χ3n) is 5.95. The Hall–Kier alpha value is -4.51. The van der Waals surface area contributed by atoms with Crippen molar-refractivity contribution in [1.82, 2.24) is 9.55 Å². The van der Waals surface area contributed by atoms with Gasteiger partial charge in [0.1, 0.15) is 23.1 Å². The van der Waals surface area contributed by atoms with Crippen LogP contribution in [0.15, 0.2) is 103 Å². The van der Waals surface area contributed by atoms with E-state index < -0.39 is 0 Å². The minimum Gasteiger partial charge on any atom is -0.497 e. The Labute approximate surface area is 205 Å². The number of ether oxygens (including phenoxy) is 3. The van der Waals surface area contributed by atoms with E-state index in [2.05, 4.69) is 28.8 Å². The molecule has 174 valence electrons. The Morgan fingerprint density at radius 2 is 1.20 bits per heavy atom. The third-order valence-corrected chi connectivity index (χ3v) is 5.95. The van der Waals surface area contributed by atoms with Crippen molar-refractivity contribution in [3.05, 3.63) is 103 Å². The van der Waals surface area contributed by atoms with Gasteiger partial charge in [-0.25, -0.2) is 4.98 Å². The predicted octanol–water partition coefficient (Wildman–Crippen LogP) is 6.90. The summed E-state index contributed by atoms with van der Waals surface area (Å²) in [6, 6.07) is 34.3. The van der Waals surface area contributed by atoms with Crippen LogP contribution in [-0.2, 0) is 0 Å². The van der Waals surface area contributed by atoms with Crippen LogP contribution >= 0.6 is 0 Å². The van der Waals surface area contributed by atoms with Gasteiger partial charge in [0, 0.05) is 16.8 Å². The van der Waals surface area contributed by atoms with Gasteiger partial charge in [-0.1, -0.05) is 60.7 Å². The van der Waals surface area contributed by atoms with Crippen LogP contribution in [0.4, 0.5) is 0 Å². The lowest BCUT2D eigenvalue weighted by atomic mass is 10.0. The molecule has 5 nitrogen and oxygen atoms in total. The molecular formula is C30H26N2O3. The molecule has 0 unspecified atom stereocenters. The molecule has 0 aliphatic heterocycles. The van der Waals surface area contributed by atoms with Crippen LogP contribution in [0.1, 0.15) is 0 Å². The molecule has 0 atom stereocenters. The van der Waals surface area contributed by atoms with Gasteiger partial charge in [0.25, 0.3) is 0 Å². The highest BCUT2D eigenvalue weighted by atomic mass is 16.5. The van der Waals surface area contributed by atoms with Gasteiger partial charge in [-0.3, -0.25) is 4.57 Å². The summed E-state index contributed by atoms with van der Waals surface area (Å²) < 4.78 is 18.9. The number of hydrogen-bond acceptors (Lipinski definition) is 4. The largest absolute Gasteiger partial charge is 0.497 e. The zero-order valence-electron chi connectivity index (χ0n) is 19.9. The molecule has 5 aromatic rings. The molecule has 0 radical (unpaired) electrons. The lowest BCUT2D eigenvalue weighted by Gasteiger charge is -2.16. The maximum Gasteiger partial charge on any atom is 0.149 e. The van der Waals surface area contributed by atoms with Gasteiger partial charge in [0.05, 0.1) is 38.3 Å². The zero-order valence-corrected chi connectivity index (χ0v) is 19.9. The number of aromatic nitrogens is 2. The van der Waals surface area contributed by atoms with E-state index in [9.17, 15) is 0 Å². The van der Waals surface area contributed by atoms with E-state index in [1.165, 1.54) is 0 Å². The molecule has 5 rings (SSSR count). The van der Waals surface area contributed by atoms with Crippen LogP contribution in [0.2, 0.25) is 0 Å². The minimum atomic E-state index is 0.713.